The van der Waals surface area contributed by atoms with Crippen molar-refractivity contribution < 1.29 is 27.4 Å². The van der Waals surface area contributed by atoms with Crippen LogP contribution < -0.4 is 4.74 Å². The summed E-state index contributed by atoms with van der Waals surface area (Å²) in [7, 11) is -2.28. The lowest BCUT2D eigenvalue weighted by molar-refractivity contribution is -0.134. The number of morpholine rings is 1. The Labute approximate surface area is 172 Å². The van der Waals surface area contributed by atoms with E-state index in [1.807, 2.05) is 11.8 Å². The third-order valence-corrected chi connectivity index (χ3v) is 7.22. The molecule has 3 rings (SSSR count). The van der Waals surface area contributed by atoms with Gasteiger partial charge in [-0.3, -0.25) is 4.79 Å². The van der Waals surface area contributed by atoms with Crippen molar-refractivity contribution >= 4 is 15.9 Å². The van der Waals surface area contributed by atoms with Crippen molar-refractivity contribution in [2.45, 2.75) is 37.2 Å². The molecule has 1 unspecified atom stereocenters. The van der Waals surface area contributed by atoms with Gasteiger partial charge in [-0.15, -0.1) is 0 Å². The maximum atomic E-state index is 13.1. The molecule has 1 atom stereocenters. The zero-order chi connectivity index (χ0) is 20.9. The van der Waals surface area contributed by atoms with Crippen LogP contribution in [0.15, 0.2) is 23.1 Å². The molecule has 0 spiro atoms. The Hall–Kier alpha value is -1.68. The summed E-state index contributed by atoms with van der Waals surface area (Å²) in [5.41, 5.74) is 0.654. The third-order valence-electron chi connectivity index (χ3n) is 5.30. The highest BCUT2D eigenvalue weighted by molar-refractivity contribution is 7.89. The first-order chi connectivity index (χ1) is 14.0. The minimum Gasteiger partial charge on any atom is -0.495 e. The van der Waals surface area contributed by atoms with Crippen LogP contribution in [0.25, 0.3) is 0 Å². The van der Waals surface area contributed by atoms with E-state index in [1.54, 1.807) is 18.2 Å². The number of likely N-dealkylation sites (tertiary alicyclic amines) is 1. The average Bonchev–Trinajstić information content (AvgIpc) is 2.74. The number of methoxy groups -OCH3 is 1. The number of amides is 1. The number of nitrogens with zero attached hydrogens (tertiary/aromatic N) is 2. The van der Waals surface area contributed by atoms with Gasteiger partial charge in [-0.25, -0.2) is 8.42 Å². The van der Waals surface area contributed by atoms with Gasteiger partial charge in [0.05, 0.1) is 32.8 Å². The topological polar surface area (TPSA) is 85.4 Å². The van der Waals surface area contributed by atoms with E-state index < -0.39 is 10.0 Å². The van der Waals surface area contributed by atoms with E-state index in [9.17, 15) is 13.2 Å². The third kappa shape index (κ3) is 5.28. The highest BCUT2D eigenvalue weighted by Crippen LogP contribution is 2.29. The fourth-order valence-electron chi connectivity index (χ4n) is 3.78. The summed E-state index contributed by atoms with van der Waals surface area (Å²) in [6.07, 6.45) is 2.09. The Morgan fingerprint density at radius 3 is 2.69 bits per heavy atom. The molecule has 2 aliphatic rings. The first kappa shape index (κ1) is 22.0. The Morgan fingerprint density at radius 1 is 1.24 bits per heavy atom. The fraction of sp³-hybridized carbons (Fsp3) is 0.650. The monoisotopic (exact) mass is 426 g/mol. The highest BCUT2D eigenvalue weighted by atomic mass is 32.2. The van der Waals surface area contributed by atoms with Gasteiger partial charge in [0, 0.05) is 32.8 Å². The molecule has 2 fully saturated rings. The van der Waals surface area contributed by atoms with Gasteiger partial charge in [0.1, 0.15) is 10.6 Å². The molecule has 0 saturated carbocycles. The lowest BCUT2D eigenvalue weighted by Gasteiger charge is -2.32. The first-order valence-electron chi connectivity index (χ1n) is 10.1. The minimum absolute atomic E-state index is 0.0192. The second-order valence-corrected chi connectivity index (χ2v) is 9.14. The molecule has 1 amide bonds. The van der Waals surface area contributed by atoms with Crippen molar-refractivity contribution in [3.63, 3.8) is 0 Å². The summed E-state index contributed by atoms with van der Waals surface area (Å²) in [5, 5.41) is 0. The van der Waals surface area contributed by atoms with Crippen LogP contribution >= 0.6 is 0 Å². The number of ether oxygens (including phenoxy) is 3. The van der Waals surface area contributed by atoms with Crippen LogP contribution in [-0.2, 0) is 30.7 Å². The zero-order valence-electron chi connectivity index (χ0n) is 17.1. The van der Waals surface area contributed by atoms with Gasteiger partial charge in [0.25, 0.3) is 0 Å². The lowest BCUT2D eigenvalue weighted by Crippen LogP contribution is -2.44. The number of hydrogen-bond acceptors (Lipinski definition) is 6. The maximum absolute atomic E-state index is 13.1. The molecule has 1 aromatic carbocycles. The van der Waals surface area contributed by atoms with Crippen LogP contribution in [0.4, 0.5) is 0 Å². The maximum Gasteiger partial charge on any atom is 0.246 e. The summed E-state index contributed by atoms with van der Waals surface area (Å²) in [5.74, 6) is 0.261. The van der Waals surface area contributed by atoms with Crippen molar-refractivity contribution in [3.05, 3.63) is 23.8 Å². The molecule has 0 aromatic heterocycles. The fourth-order valence-corrected chi connectivity index (χ4v) is 5.40. The molecular weight excluding hydrogens is 396 g/mol. The van der Waals surface area contributed by atoms with Crippen molar-refractivity contribution in [2.75, 3.05) is 53.1 Å². The molecule has 0 N–H and O–H groups in total. The molecular formula is C20H30N2O6S. The van der Waals surface area contributed by atoms with E-state index >= 15 is 0 Å². The SMILES string of the molecule is CCOC1CCCN(C(=O)Cc2ccc(OC)c(S(=O)(=O)N3CCOCC3)c2)C1. The van der Waals surface area contributed by atoms with Crippen LogP contribution in [0, 0.1) is 0 Å². The normalized spacial score (nSPS) is 21.2. The number of hydrogen-bond donors (Lipinski definition) is 0. The number of piperidine rings is 1. The Balaban J connectivity index is 1.77. The molecule has 0 radical (unpaired) electrons. The molecule has 2 aliphatic heterocycles. The largest absolute Gasteiger partial charge is 0.495 e. The lowest BCUT2D eigenvalue weighted by atomic mass is 10.1. The van der Waals surface area contributed by atoms with Crippen molar-refractivity contribution in [3.8, 4) is 5.75 Å². The first-order valence-corrected chi connectivity index (χ1v) is 11.5. The van der Waals surface area contributed by atoms with Crippen LogP contribution in [0.5, 0.6) is 5.75 Å². The quantitative estimate of drug-likeness (QED) is 0.653. The standard InChI is InChI=1S/C20H30N2O6S/c1-3-28-17-5-4-8-21(15-17)20(23)14-16-6-7-18(26-2)19(13-16)29(24,25)22-9-11-27-12-10-22/h6-7,13,17H,3-5,8-12,14-15H2,1-2H3. The Bertz CT molecular complexity index is 805. The Morgan fingerprint density at radius 2 is 2.00 bits per heavy atom. The average molecular weight is 427 g/mol. The number of rotatable bonds is 7. The second-order valence-electron chi connectivity index (χ2n) is 7.24. The highest BCUT2D eigenvalue weighted by Gasteiger charge is 2.30. The molecule has 2 saturated heterocycles. The van der Waals surface area contributed by atoms with Gasteiger partial charge in [0.15, 0.2) is 0 Å². The zero-order valence-corrected chi connectivity index (χ0v) is 17.9. The number of carbonyl (C=O) groups is 1. The summed E-state index contributed by atoms with van der Waals surface area (Å²) in [6, 6.07) is 4.93. The van der Waals surface area contributed by atoms with E-state index in [-0.39, 0.29) is 29.1 Å². The molecule has 2 heterocycles. The molecule has 8 nitrogen and oxygen atoms in total. The summed E-state index contributed by atoms with van der Waals surface area (Å²) in [4.78, 5) is 14.7. The van der Waals surface area contributed by atoms with Crippen molar-refractivity contribution in [2.24, 2.45) is 0 Å². The predicted molar refractivity (Wildman–Crippen MR) is 108 cm³/mol. The molecule has 9 heteroatoms. The van der Waals surface area contributed by atoms with Gasteiger partial charge in [-0.05, 0) is 37.5 Å². The number of sulfonamides is 1. The van der Waals surface area contributed by atoms with Crippen molar-refractivity contribution in [1.29, 1.82) is 0 Å². The van der Waals surface area contributed by atoms with Crippen LogP contribution in [0.1, 0.15) is 25.3 Å². The van der Waals surface area contributed by atoms with Gasteiger partial charge >= 0.3 is 0 Å². The van der Waals surface area contributed by atoms with E-state index in [4.69, 9.17) is 14.2 Å². The second kappa shape index (κ2) is 9.88. The van der Waals surface area contributed by atoms with Gasteiger partial charge < -0.3 is 19.1 Å². The number of benzene rings is 1. The summed E-state index contributed by atoms with van der Waals surface area (Å²) >= 11 is 0. The van der Waals surface area contributed by atoms with E-state index in [0.29, 0.717) is 51.6 Å². The summed E-state index contributed by atoms with van der Waals surface area (Å²) < 4.78 is 43.8. The van der Waals surface area contributed by atoms with E-state index in [2.05, 4.69) is 0 Å². The van der Waals surface area contributed by atoms with Crippen LogP contribution in [-0.4, -0.2) is 82.7 Å². The molecule has 29 heavy (non-hydrogen) atoms. The molecule has 1 aromatic rings. The Kier molecular flexibility index (Phi) is 7.50. The smallest absolute Gasteiger partial charge is 0.246 e. The number of carbonyl (C=O) groups excluding carboxylic acids is 1. The predicted octanol–water partition coefficient (Wildman–Crippen LogP) is 1.29. The van der Waals surface area contributed by atoms with Crippen LogP contribution in [0.3, 0.4) is 0 Å². The molecule has 0 aliphatic carbocycles. The van der Waals surface area contributed by atoms with Crippen molar-refractivity contribution in [1.82, 2.24) is 9.21 Å². The van der Waals surface area contributed by atoms with Gasteiger partial charge in [-0.1, -0.05) is 6.07 Å². The van der Waals surface area contributed by atoms with Crippen LogP contribution in [0.2, 0.25) is 0 Å². The molecule has 0 bridgehead atoms. The van der Waals surface area contributed by atoms with Gasteiger partial charge in [0.2, 0.25) is 15.9 Å². The van der Waals surface area contributed by atoms with Gasteiger partial charge in [-0.2, -0.15) is 4.31 Å². The minimum atomic E-state index is -3.72. The van der Waals surface area contributed by atoms with E-state index in [1.165, 1.54) is 11.4 Å². The summed E-state index contributed by atoms with van der Waals surface area (Å²) in [6.45, 7) is 5.23. The van der Waals surface area contributed by atoms with E-state index in [0.717, 1.165) is 12.8 Å². The molecule has 162 valence electrons.